The monoisotopic (exact) mass is 336 g/mol. The fraction of sp³-hybridized carbons (Fsp3) is 0.158. The second-order valence-corrected chi connectivity index (χ2v) is 5.70. The number of oxazole rings is 1. The summed E-state index contributed by atoms with van der Waals surface area (Å²) in [6, 6.07) is 12.7. The van der Waals surface area contributed by atoms with E-state index in [4.69, 9.17) is 13.9 Å². The lowest BCUT2D eigenvalue weighted by Crippen LogP contribution is -2.24. The Morgan fingerprint density at radius 2 is 2.04 bits per heavy atom. The highest BCUT2D eigenvalue weighted by Crippen LogP contribution is 2.32. The Morgan fingerprint density at radius 3 is 2.92 bits per heavy atom. The van der Waals surface area contributed by atoms with Gasteiger partial charge in [0.05, 0.1) is 0 Å². The van der Waals surface area contributed by atoms with Gasteiger partial charge in [-0.15, -0.1) is 0 Å². The number of carbonyl (C=O) groups excluding carboxylic acids is 1. The molecule has 1 atom stereocenters. The van der Waals surface area contributed by atoms with Crippen LogP contribution in [0.15, 0.2) is 53.0 Å². The number of rotatable bonds is 4. The average molecular weight is 336 g/mol. The van der Waals surface area contributed by atoms with E-state index < -0.39 is 0 Å². The van der Waals surface area contributed by atoms with E-state index in [9.17, 15) is 4.79 Å². The van der Waals surface area contributed by atoms with E-state index in [0.29, 0.717) is 23.0 Å². The molecule has 2 aromatic carbocycles. The number of nitrogens with one attached hydrogen (secondary N) is 1. The van der Waals surface area contributed by atoms with E-state index in [1.54, 1.807) is 6.08 Å². The predicted molar refractivity (Wildman–Crippen MR) is 92.2 cm³/mol. The van der Waals surface area contributed by atoms with Gasteiger partial charge in [0, 0.05) is 6.08 Å². The van der Waals surface area contributed by atoms with Crippen LogP contribution in [0.25, 0.3) is 17.2 Å². The van der Waals surface area contributed by atoms with E-state index >= 15 is 0 Å². The summed E-state index contributed by atoms with van der Waals surface area (Å²) < 4.78 is 16.2. The van der Waals surface area contributed by atoms with E-state index in [-0.39, 0.29) is 18.7 Å². The Morgan fingerprint density at radius 1 is 1.20 bits per heavy atom. The molecule has 1 aromatic heterocycles. The van der Waals surface area contributed by atoms with E-state index in [1.807, 2.05) is 49.4 Å². The van der Waals surface area contributed by atoms with Crippen LogP contribution in [0.1, 0.15) is 24.4 Å². The summed E-state index contributed by atoms with van der Waals surface area (Å²) in [6.07, 6.45) is 3.19. The van der Waals surface area contributed by atoms with Gasteiger partial charge >= 0.3 is 0 Å². The largest absolute Gasteiger partial charge is 0.454 e. The highest BCUT2D eigenvalue weighted by molar-refractivity contribution is 5.92. The van der Waals surface area contributed by atoms with Crippen molar-refractivity contribution >= 4 is 23.1 Å². The molecule has 0 saturated carbocycles. The number of aromatic nitrogens is 1. The summed E-state index contributed by atoms with van der Waals surface area (Å²) in [6.45, 7) is 2.06. The van der Waals surface area contributed by atoms with Crippen molar-refractivity contribution < 1.29 is 18.7 Å². The van der Waals surface area contributed by atoms with Crippen molar-refractivity contribution in [3.63, 3.8) is 0 Å². The molecular weight excluding hydrogens is 320 g/mol. The van der Waals surface area contributed by atoms with Gasteiger partial charge in [0.25, 0.3) is 0 Å². The molecule has 1 N–H and O–H groups in total. The highest BCUT2D eigenvalue weighted by atomic mass is 16.7. The van der Waals surface area contributed by atoms with E-state index in [0.717, 1.165) is 11.1 Å². The molecule has 1 amide bonds. The Labute approximate surface area is 144 Å². The molecule has 0 bridgehead atoms. The maximum Gasteiger partial charge on any atom is 0.244 e. The van der Waals surface area contributed by atoms with Crippen LogP contribution in [0.3, 0.4) is 0 Å². The summed E-state index contributed by atoms with van der Waals surface area (Å²) in [5, 5.41) is 2.84. The van der Waals surface area contributed by atoms with Gasteiger partial charge in [0.2, 0.25) is 18.6 Å². The maximum atomic E-state index is 12.1. The molecule has 126 valence electrons. The number of para-hydroxylation sites is 2. The van der Waals surface area contributed by atoms with Gasteiger partial charge in [-0.3, -0.25) is 4.79 Å². The number of ether oxygens (including phenoxy) is 2. The van der Waals surface area contributed by atoms with E-state index in [1.165, 1.54) is 6.08 Å². The van der Waals surface area contributed by atoms with Crippen LogP contribution in [-0.2, 0) is 4.79 Å². The van der Waals surface area contributed by atoms with Crippen molar-refractivity contribution in [3.05, 3.63) is 60.0 Å². The van der Waals surface area contributed by atoms with Crippen LogP contribution >= 0.6 is 0 Å². The first kappa shape index (κ1) is 15.3. The molecule has 6 nitrogen and oxygen atoms in total. The van der Waals surface area contributed by atoms with Crippen molar-refractivity contribution in [2.45, 2.75) is 13.0 Å². The zero-order valence-corrected chi connectivity index (χ0v) is 13.6. The fourth-order valence-electron chi connectivity index (χ4n) is 2.59. The molecule has 0 aliphatic carbocycles. The lowest BCUT2D eigenvalue weighted by Gasteiger charge is -2.07. The Balaban J connectivity index is 1.42. The van der Waals surface area contributed by atoms with Crippen LogP contribution in [0.4, 0.5) is 0 Å². The van der Waals surface area contributed by atoms with Crippen LogP contribution in [0, 0.1) is 0 Å². The van der Waals surface area contributed by atoms with Crippen molar-refractivity contribution in [1.82, 2.24) is 10.3 Å². The third-order valence-corrected chi connectivity index (χ3v) is 3.86. The quantitative estimate of drug-likeness (QED) is 0.739. The molecule has 1 aliphatic rings. The van der Waals surface area contributed by atoms with Gasteiger partial charge in [0.1, 0.15) is 11.6 Å². The minimum atomic E-state index is -0.332. The van der Waals surface area contributed by atoms with Crippen LogP contribution in [0.5, 0.6) is 11.5 Å². The lowest BCUT2D eigenvalue weighted by atomic mass is 10.2. The van der Waals surface area contributed by atoms with Crippen LogP contribution in [0.2, 0.25) is 0 Å². The summed E-state index contributed by atoms with van der Waals surface area (Å²) in [7, 11) is 0. The SMILES string of the molecule is CC(NC(=O)/C=C/c1ccc2c(c1)OCO2)c1nc2ccccc2o1. The fourth-order valence-corrected chi connectivity index (χ4v) is 2.59. The topological polar surface area (TPSA) is 73.6 Å². The normalized spacial score (nSPS) is 14.1. The van der Waals surface area contributed by atoms with Crippen molar-refractivity contribution in [2.24, 2.45) is 0 Å². The van der Waals surface area contributed by atoms with Crippen LogP contribution in [-0.4, -0.2) is 17.7 Å². The number of fused-ring (bicyclic) bond motifs is 2. The third kappa shape index (κ3) is 3.19. The molecule has 1 unspecified atom stereocenters. The zero-order chi connectivity index (χ0) is 17.2. The number of hydrogen-bond donors (Lipinski definition) is 1. The lowest BCUT2D eigenvalue weighted by molar-refractivity contribution is -0.117. The first-order valence-electron chi connectivity index (χ1n) is 7.93. The summed E-state index contributed by atoms with van der Waals surface area (Å²) >= 11 is 0. The molecule has 0 fully saturated rings. The molecule has 25 heavy (non-hydrogen) atoms. The first-order chi connectivity index (χ1) is 12.2. The van der Waals surface area contributed by atoms with Crippen molar-refractivity contribution in [3.8, 4) is 11.5 Å². The average Bonchev–Trinajstić information content (AvgIpc) is 3.25. The van der Waals surface area contributed by atoms with Gasteiger partial charge in [-0.05, 0) is 42.8 Å². The number of amides is 1. The van der Waals surface area contributed by atoms with Crippen LogP contribution < -0.4 is 14.8 Å². The van der Waals surface area contributed by atoms with Gasteiger partial charge in [-0.2, -0.15) is 0 Å². The first-order valence-corrected chi connectivity index (χ1v) is 7.93. The highest BCUT2D eigenvalue weighted by Gasteiger charge is 2.15. The summed E-state index contributed by atoms with van der Waals surface area (Å²) in [5.41, 5.74) is 2.33. The van der Waals surface area contributed by atoms with Gasteiger partial charge < -0.3 is 19.2 Å². The molecule has 4 rings (SSSR count). The summed E-state index contributed by atoms with van der Waals surface area (Å²) in [4.78, 5) is 16.5. The zero-order valence-electron chi connectivity index (χ0n) is 13.6. The van der Waals surface area contributed by atoms with Gasteiger partial charge in [0.15, 0.2) is 17.1 Å². The maximum absolute atomic E-state index is 12.1. The second-order valence-electron chi connectivity index (χ2n) is 5.70. The number of carbonyl (C=O) groups is 1. The Bertz CT molecular complexity index is 928. The molecular formula is C19H16N2O4. The molecule has 2 heterocycles. The molecule has 1 aliphatic heterocycles. The predicted octanol–water partition coefficient (Wildman–Crippen LogP) is 3.45. The Kier molecular flexibility index (Phi) is 3.85. The van der Waals surface area contributed by atoms with Crippen molar-refractivity contribution in [1.29, 1.82) is 0 Å². The minimum absolute atomic E-state index is 0.227. The molecule has 0 saturated heterocycles. The van der Waals surface area contributed by atoms with Gasteiger partial charge in [-0.25, -0.2) is 4.98 Å². The smallest absolute Gasteiger partial charge is 0.244 e. The third-order valence-electron chi connectivity index (χ3n) is 3.86. The number of hydrogen-bond acceptors (Lipinski definition) is 5. The van der Waals surface area contributed by atoms with Crippen molar-refractivity contribution in [2.75, 3.05) is 6.79 Å². The van der Waals surface area contributed by atoms with E-state index in [2.05, 4.69) is 10.3 Å². The molecule has 0 spiro atoms. The standard InChI is InChI=1S/C19H16N2O4/c1-12(19-21-14-4-2-3-5-15(14)25-19)20-18(22)9-7-13-6-8-16-17(10-13)24-11-23-16/h2-10,12H,11H2,1H3,(H,20,22)/b9-7+. The second kappa shape index (κ2) is 6.32. The number of nitrogens with zero attached hydrogens (tertiary/aromatic N) is 1. The van der Waals surface area contributed by atoms with Gasteiger partial charge in [-0.1, -0.05) is 18.2 Å². The minimum Gasteiger partial charge on any atom is -0.454 e. The summed E-state index contributed by atoms with van der Waals surface area (Å²) in [5.74, 6) is 1.65. The molecule has 3 aromatic rings. The molecule has 0 radical (unpaired) electrons. The Hall–Kier alpha value is -3.28. The number of benzene rings is 2. The molecule has 6 heteroatoms.